The first-order valence-corrected chi connectivity index (χ1v) is 9.28. The highest BCUT2D eigenvalue weighted by Gasteiger charge is 2.34. The van der Waals surface area contributed by atoms with Gasteiger partial charge in [0.05, 0.1) is 15.7 Å². The summed E-state index contributed by atoms with van der Waals surface area (Å²) in [6, 6.07) is 3.21. The highest BCUT2D eigenvalue weighted by Crippen LogP contribution is 2.31. The lowest BCUT2D eigenvalue weighted by Gasteiger charge is -2.10. The van der Waals surface area contributed by atoms with Crippen molar-refractivity contribution in [1.82, 2.24) is 30.0 Å². The number of pyridine rings is 1. The van der Waals surface area contributed by atoms with E-state index in [4.69, 9.17) is 0 Å². The third-order valence-corrected chi connectivity index (χ3v) is 4.70. The van der Waals surface area contributed by atoms with Crippen molar-refractivity contribution in [3.05, 3.63) is 23.9 Å². The Hall–Kier alpha value is -3.09. The molecular formula is C15H14F3N7O2S. The van der Waals surface area contributed by atoms with E-state index in [0.717, 1.165) is 6.07 Å². The molecule has 28 heavy (non-hydrogen) atoms. The van der Waals surface area contributed by atoms with E-state index in [0.29, 0.717) is 4.90 Å². The minimum atomic E-state index is -4.66. The topological polar surface area (TPSA) is 115 Å². The number of alkyl halides is 3. The first-order valence-electron chi connectivity index (χ1n) is 7.72. The van der Waals surface area contributed by atoms with Crippen LogP contribution < -0.4 is 10.6 Å². The Morgan fingerprint density at radius 1 is 1.21 bits per heavy atom. The molecule has 9 nitrogen and oxygen atoms in total. The zero-order valence-electron chi connectivity index (χ0n) is 14.8. The van der Waals surface area contributed by atoms with Gasteiger partial charge in [0.15, 0.2) is 17.2 Å². The minimum Gasteiger partial charge on any atom is -0.341 e. The molecule has 1 atom stereocenters. The van der Waals surface area contributed by atoms with Crippen LogP contribution >= 0.6 is 0 Å². The molecule has 0 aliphatic rings. The molecule has 0 aliphatic heterocycles. The summed E-state index contributed by atoms with van der Waals surface area (Å²) in [4.78, 5) is 20.3. The number of hydrogen-bond donors (Lipinski definition) is 2. The van der Waals surface area contributed by atoms with Crippen LogP contribution in [0.4, 0.5) is 23.8 Å². The van der Waals surface area contributed by atoms with Crippen molar-refractivity contribution in [3.8, 4) is 11.5 Å². The zero-order chi connectivity index (χ0) is 20.6. The lowest BCUT2D eigenvalue weighted by atomic mass is 10.3. The third kappa shape index (κ3) is 3.65. The van der Waals surface area contributed by atoms with E-state index in [9.17, 15) is 22.2 Å². The lowest BCUT2D eigenvalue weighted by molar-refractivity contribution is -0.141. The molecule has 0 aromatic carbocycles. The third-order valence-electron chi connectivity index (χ3n) is 3.76. The van der Waals surface area contributed by atoms with Crippen LogP contribution in [0.15, 0.2) is 23.1 Å². The number of carbonyl (C=O) groups excluding carboxylic acids is 1. The molecule has 0 saturated carbocycles. The van der Waals surface area contributed by atoms with Crippen LogP contribution in [0.5, 0.6) is 0 Å². The van der Waals surface area contributed by atoms with E-state index >= 15 is 0 Å². The van der Waals surface area contributed by atoms with Crippen LogP contribution in [0.25, 0.3) is 22.7 Å². The molecule has 2 amide bonds. The number of nitrogens with one attached hydrogen (secondary N) is 2. The summed E-state index contributed by atoms with van der Waals surface area (Å²) in [6.07, 6.45) is -3.23. The highest BCUT2D eigenvalue weighted by atomic mass is 32.2. The standard InChI is InChI=1S/C15H14F3N7O2S/c1-19-14(26)22-10-5-4-8(28(3)27)11(21-10)13-20-7-6-9(15(16,17)18)23-24-12(7)25(13)2/h4-6H,1-3H3,(H2,19,21,22,26). The monoisotopic (exact) mass is 413 g/mol. The summed E-state index contributed by atoms with van der Waals surface area (Å²) in [5.41, 5.74) is -0.975. The van der Waals surface area contributed by atoms with Crippen molar-refractivity contribution < 1.29 is 22.2 Å². The number of rotatable bonds is 3. The number of nitrogens with zero attached hydrogens (tertiary/aromatic N) is 5. The largest absolute Gasteiger partial charge is 0.435 e. The predicted molar refractivity (Wildman–Crippen MR) is 94.9 cm³/mol. The number of hydrogen-bond acceptors (Lipinski definition) is 6. The van der Waals surface area contributed by atoms with Crippen molar-refractivity contribution in [3.63, 3.8) is 0 Å². The Balaban J connectivity index is 2.19. The quantitative estimate of drug-likeness (QED) is 0.678. The first kappa shape index (κ1) is 19.7. The van der Waals surface area contributed by atoms with Gasteiger partial charge < -0.3 is 9.88 Å². The number of amides is 2. The Bertz CT molecular complexity index is 1100. The second-order valence-corrected chi connectivity index (χ2v) is 6.98. The number of aryl methyl sites for hydroxylation is 1. The maximum atomic E-state index is 12.9. The molecule has 3 aromatic rings. The summed E-state index contributed by atoms with van der Waals surface area (Å²) in [7, 11) is 1.48. The van der Waals surface area contributed by atoms with Crippen LogP contribution in [-0.4, -0.2) is 48.3 Å². The second-order valence-electron chi connectivity index (χ2n) is 5.63. The Labute approximate surface area is 158 Å². The molecule has 0 spiro atoms. The minimum absolute atomic E-state index is 0.0425. The van der Waals surface area contributed by atoms with Gasteiger partial charge in [0.1, 0.15) is 17.0 Å². The fraction of sp³-hybridized carbons (Fsp3) is 0.267. The fourth-order valence-corrected chi connectivity index (χ4v) is 3.09. The number of anilines is 1. The van der Waals surface area contributed by atoms with Crippen molar-refractivity contribution >= 4 is 33.8 Å². The van der Waals surface area contributed by atoms with Gasteiger partial charge >= 0.3 is 12.2 Å². The summed E-state index contributed by atoms with van der Waals surface area (Å²) < 4.78 is 52.2. The van der Waals surface area contributed by atoms with Gasteiger partial charge in [-0.25, -0.2) is 14.8 Å². The van der Waals surface area contributed by atoms with Crippen LogP contribution in [0.2, 0.25) is 0 Å². The number of carbonyl (C=O) groups is 1. The van der Waals surface area contributed by atoms with Crippen molar-refractivity contribution in [1.29, 1.82) is 0 Å². The summed E-state index contributed by atoms with van der Waals surface area (Å²) in [6.45, 7) is 0. The van der Waals surface area contributed by atoms with Crippen LogP contribution in [0.1, 0.15) is 5.69 Å². The average Bonchev–Trinajstić information content (AvgIpc) is 2.96. The van der Waals surface area contributed by atoms with Crippen molar-refractivity contribution in [2.45, 2.75) is 11.1 Å². The normalized spacial score (nSPS) is 12.8. The van der Waals surface area contributed by atoms with Crippen LogP contribution in [0.3, 0.4) is 0 Å². The van der Waals surface area contributed by atoms with Gasteiger partial charge in [0.2, 0.25) is 0 Å². The molecular weight excluding hydrogens is 399 g/mol. The molecule has 3 rings (SSSR count). The molecule has 148 valence electrons. The predicted octanol–water partition coefficient (Wildman–Crippen LogP) is 1.93. The molecule has 13 heteroatoms. The van der Waals surface area contributed by atoms with Gasteiger partial charge in [-0.3, -0.25) is 9.53 Å². The maximum absolute atomic E-state index is 12.9. The van der Waals surface area contributed by atoms with Crippen molar-refractivity contribution in [2.75, 3.05) is 18.6 Å². The number of fused-ring (bicyclic) bond motifs is 1. The fourth-order valence-electron chi connectivity index (χ4n) is 2.42. The van der Waals surface area contributed by atoms with Gasteiger partial charge in [0.25, 0.3) is 0 Å². The molecule has 0 radical (unpaired) electrons. The molecule has 0 saturated heterocycles. The van der Waals surface area contributed by atoms with E-state index in [-0.39, 0.29) is 28.5 Å². The van der Waals surface area contributed by atoms with Gasteiger partial charge in [-0.05, 0) is 12.1 Å². The van der Waals surface area contributed by atoms with Gasteiger partial charge in [-0.15, -0.1) is 10.2 Å². The van der Waals surface area contributed by atoms with Gasteiger partial charge in [0, 0.05) is 26.4 Å². The summed E-state index contributed by atoms with van der Waals surface area (Å²) in [5.74, 6) is 0.284. The number of aromatic nitrogens is 5. The lowest BCUT2D eigenvalue weighted by Crippen LogP contribution is -2.25. The first-order chi connectivity index (χ1) is 13.1. The SMILES string of the molecule is CNC(=O)Nc1ccc(S(C)=O)c(-c2nc3cc(C(F)(F)F)nnc3n2C)n1. The number of imidazole rings is 1. The van der Waals surface area contributed by atoms with E-state index in [2.05, 4.69) is 30.8 Å². The molecule has 0 aliphatic carbocycles. The number of urea groups is 1. The van der Waals surface area contributed by atoms with E-state index < -0.39 is 28.7 Å². The van der Waals surface area contributed by atoms with E-state index in [1.54, 1.807) is 0 Å². The second kappa shape index (κ2) is 7.14. The number of halogens is 3. The molecule has 3 heterocycles. The summed E-state index contributed by atoms with van der Waals surface area (Å²) >= 11 is 0. The average molecular weight is 413 g/mol. The molecule has 2 N–H and O–H groups in total. The van der Waals surface area contributed by atoms with E-state index in [1.807, 2.05) is 0 Å². The molecule has 3 aromatic heterocycles. The van der Waals surface area contributed by atoms with Crippen LogP contribution in [-0.2, 0) is 24.0 Å². The van der Waals surface area contributed by atoms with Gasteiger partial charge in [-0.2, -0.15) is 13.2 Å². The smallest absolute Gasteiger partial charge is 0.341 e. The van der Waals surface area contributed by atoms with Crippen molar-refractivity contribution in [2.24, 2.45) is 7.05 Å². The molecule has 1 unspecified atom stereocenters. The molecule has 0 fully saturated rings. The zero-order valence-corrected chi connectivity index (χ0v) is 15.6. The Kier molecular flexibility index (Phi) is 5.02. The van der Waals surface area contributed by atoms with E-state index in [1.165, 1.54) is 37.1 Å². The Morgan fingerprint density at radius 3 is 2.54 bits per heavy atom. The highest BCUT2D eigenvalue weighted by molar-refractivity contribution is 7.84. The van der Waals surface area contributed by atoms with Crippen LogP contribution in [0, 0.1) is 0 Å². The summed E-state index contributed by atoms with van der Waals surface area (Å²) in [5, 5.41) is 11.6. The Morgan fingerprint density at radius 2 is 1.93 bits per heavy atom. The molecule has 0 bridgehead atoms. The maximum Gasteiger partial charge on any atom is 0.435 e. The van der Waals surface area contributed by atoms with Gasteiger partial charge in [-0.1, -0.05) is 0 Å².